The molecule has 0 radical (unpaired) electrons. The average molecular weight is 298 g/mol. The Balaban J connectivity index is 2.30. The normalized spacial score (nSPS) is 24.5. The van der Waals surface area contributed by atoms with Crippen molar-refractivity contribution >= 4 is 15.9 Å². The number of carbonyl (C=O) groups is 1. The van der Waals surface area contributed by atoms with Gasteiger partial charge < -0.3 is 10.5 Å². The predicted molar refractivity (Wildman–Crippen MR) is 73.5 cm³/mol. The van der Waals surface area contributed by atoms with E-state index < -0.39 is 21.5 Å². The maximum atomic E-state index is 12.5. The smallest absolute Gasteiger partial charge is 0.250 e. The van der Waals surface area contributed by atoms with Gasteiger partial charge in [0, 0.05) is 6.54 Å². The molecule has 0 unspecified atom stereocenters. The summed E-state index contributed by atoms with van der Waals surface area (Å²) in [6.07, 6.45) is 0. The van der Waals surface area contributed by atoms with Crippen molar-refractivity contribution in [2.75, 3.05) is 19.7 Å². The molecular weight excluding hydrogens is 280 g/mol. The number of carbonyl (C=O) groups excluding carboxylic acids is 1. The highest BCUT2D eigenvalue weighted by molar-refractivity contribution is 7.89. The molecule has 1 saturated heterocycles. The van der Waals surface area contributed by atoms with Gasteiger partial charge in [-0.25, -0.2) is 8.42 Å². The first-order chi connectivity index (χ1) is 9.25. The van der Waals surface area contributed by atoms with Crippen LogP contribution >= 0.6 is 0 Å². The second-order valence-electron chi connectivity index (χ2n) is 5.10. The molecule has 6 nitrogen and oxygen atoms in total. The highest BCUT2D eigenvalue weighted by atomic mass is 32.2. The van der Waals surface area contributed by atoms with Gasteiger partial charge in [-0.3, -0.25) is 4.79 Å². The molecule has 110 valence electrons. The van der Waals surface area contributed by atoms with E-state index in [1.165, 1.54) is 11.2 Å². The third-order valence-corrected chi connectivity index (χ3v) is 5.28. The lowest BCUT2D eigenvalue weighted by Gasteiger charge is -2.37. The van der Waals surface area contributed by atoms with Crippen molar-refractivity contribution in [3.63, 3.8) is 0 Å². The van der Waals surface area contributed by atoms with Gasteiger partial charge in [-0.05, 0) is 26.0 Å². The van der Waals surface area contributed by atoms with Crippen molar-refractivity contribution in [1.82, 2.24) is 4.31 Å². The highest BCUT2D eigenvalue weighted by Gasteiger charge is 2.41. The fourth-order valence-electron chi connectivity index (χ4n) is 2.05. The zero-order chi connectivity index (χ0) is 15.0. The van der Waals surface area contributed by atoms with Crippen LogP contribution in [0, 0.1) is 6.92 Å². The third kappa shape index (κ3) is 2.70. The van der Waals surface area contributed by atoms with Crippen LogP contribution in [0.15, 0.2) is 29.2 Å². The number of aryl methyl sites for hydroxylation is 1. The van der Waals surface area contributed by atoms with Gasteiger partial charge in [0.1, 0.15) is 0 Å². The summed E-state index contributed by atoms with van der Waals surface area (Å²) in [5, 5.41) is 0. The average Bonchev–Trinajstić information content (AvgIpc) is 2.39. The van der Waals surface area contributed by atoms with E-state index in [-0.39, 0.29) is 24.6 Å². The van der Waals surface area contributed by atoms with Crippen LogP contribution in [0.25, 0.3) is 0 Å². The van der Waals surface area contributed by atoms with Gasteiger partial charge in [-0.15, -0.1) is 0 Å². The molecule has 0 saturated carbocycles. The van der Waals surface area contributed by atoms with E-state index in [1.54, 1.807) is 24.3 Å². The molecule has 0 bridgehead atoms. The molecule has 1 amide bonds. The molecule has 1 heterocycles. The maximum absolute atomic E-state index is 12.5. The first kappa shape index (κ1) is 15.0. The third-order valence-electron chi connectivity index (χ3n) is 3.42. The number of primary amides is 1. The number of morpholine rings is 1. The summed E-state index contributed by atoms with van der Waals surface area (Å²) in [5.41, 5.74) is 4.98. The number of amides is 1. The SMILES string of the molecule is Cc1ccc(S(=O)(=O)N2CCO[C@@](C)(C(N)=O)C2)cc1. The number of nitrogens with zero attached hydrogens (tertiary/aromatic N) is 1. The first-order valence-corrected chi connectivity index (χ1v) is 7.70. The van der Waals surface area contributed by atoms with Crippen LogP contribution in [0.2, 0.25) is 0 Å². The van der Waals surface area contributed by atoms with E-state index in [9.17, 15) is 13.2 Å². The lowest BCUT2D eigenvalue weighted by Crippen LogP contribution is -2.58. The molecule has 2 rings (SSSR count). The van der Waals surface area contributed by atoms with Crippen molar-refractivity contribution in [3.05, 3.63) is 29.8 Å². The van der Waals surface area contributed by atoms with Gasteiger partial charge in [-0.2, -0.15) is 4.31 Å². The molecule has 0 aliphatic carbocycles. The van der Waals surface area contributed by atoms with Crippen molar-refractivity contribution in [1.29, 1.82) is 0 Å². The van der Waals surface area contributed by atoms with Gasteiger partial charge in [0.2, 0.25) is 10.0 Å². The van der Waals surface area contributed by atoms with Crippen LogP contribution in [0.4, 0.5) is 0 Å². The molecule has 20 heavy (non-hydrogen) atoms. The summed E-state index contributed by atoms with van der Waals surface area (Å²) in [4.78, 5) is 11.6. The predicted octanol–water partition coefficient (Wildman–Crippen LogP) is 0.260. The molecule has 0 aromatic heterocycles. The Morgan fingerprint density at radius 1 is 1.35 bits per heavy atom. The van der Waals surface area contributed by atoms with Crippen LogP contribution in [0.1, 0.15) is 12.5 Å². The minimum Gasteiger partial charge on any atom is -0.367 e. The zero-order valence-corrected chi connectivity index (χ0v) is 12.3. The van der Waals surface area contributed by atoms with Crippen molar-refractivity contribution in [3.8, 4) is 0 Å². The van der Waals surface area contributed by atoms with Gasteiger partial charge >= 0.3 is 0 Å². The van der Waals surface area contributed by atoms with Crippen LogP contribution in [0.5, 0.6) is 0 Å². The molecule has 1 aliphatic heterocycles. The molecule has 1 aromatic carbocycles. The number of rotatable bonds is 3. The maximum Gasteiger partial charge on any atom is 0.250 e. The van der Waals surface area contributed by atoms with E-state index in [2.05, 4.69) is 0 Å². The fraction of sp³-hybridized carbons (Fsp3) is 0.462. The zero-order valence-electron chi connectivity index (χ0n) is 11.5. The Morgan fingerprint density at radius 3 is 2.50 bits per heavy atom. The molecule has 1 aliphatic rings. The van der Waals surface area contributed by atoms with Gasteiger partial charge in [0.15, 0.2) is 5.60 Å². The Labute approximate surface area is 118 Å². The number of sulfonamides is 1. The minimum absolute atomic E-state index is 0.0709. The largest absolute Gasteiger partial charge is 0.367 e. The van der Waals surface area contributed by atoms with Crippen molar-refractivity contribution < 1.29 is 17.9 Å². The highest BCUT2D eigenvalue weighted by Crippen LogP contribution is 2.24. The van der Waals surface area contributed by atoms with Crippen LogP contribution in [-0.4, -0.2) is 43.9 Å². The Hall–Kier alpha value is -1.44. The van der Waals surface area contributed by atoms with E-state index >= 15 is 0 Å². The van der Waals surface area contributed by atoms with E-state index in [4.69, 9.17) is 10.5 Å². The Bertz CT molecular complexity index is 612. The number of hydrogen-bond donors (Lipinski definition) is 1. The van der Waals surface area contributed by atoms with Gasteiger partial charge in [0.25, 0.3) is 5.91 Å². The van der Waals surface area contributed by atoms with Crippen molar-refractivity contribution in [2.45, 2.75) is 24.3 Å². The second-order valence-corrected chi connectivity index (χ2v) is 7.03. The van der Waals surface area contributed by atoms with E-state index in [0.29, 0.717) is 0 Å². The summed E-state index contributed by atoms with van der Waals surface area (Å²) in [7, 11) is -3.64. The summed E-state index contributed by atoms with van der Waals surface area (Å²) < 4.78 is 31.6. The molecular formula is C13H18N2O4S. The number of hydrogen-bond acceptors (Lipinski definition) is 4. The summed E-state index contributed by atoms with van der Waals surface area (Å²) >= 11 is 0. The quantitative estimate of drug-likeness (QED) is 0.866. The first-order valence-electron chi connectivity index (χ1n) is 6.26. The van der Waals surface area contributed by atoms with Crippen LogP contribution in [0.3, 0.4) is 0 Å². The standard InChI is InChI=1S/C13H18N2O4S/c1-10-3-5-11(6-4-10)20(17,18)15-7-8-19-13(2,9-15)12(14)16/h3-6H,7-9H2,1-2H3,(H2,14,16)/t13-/m1/s1. The second kappa shape index (κ2) is 5.16. The van der Waals surface area contributed by atoms with Crippen molar-refractivity contribution in [2.24, 2.45) is 5.73 Å². The Kier molecular flexibility index (Phi) is 3.86. The number of nitrogens with two attached hydrogens (primary N) is 1. The molecule has 2 N–H and O–H groups in total. The summed E-state index contributed by atoms with van der Waals surface area (Å²) in [5.74, 6) is -0.665. The number of benzene rings is 1. The minimum atomic E-state index is -3.64. The summed E-state index contributed by atoms with van der Waals surface area (Å²) in [6.45, 7) is 3.67. The molecule has 7 heteroatoms. The number of ether oxygens (including phenoxy) is 1. The lowest BCUT2D eigenvalue weighted by molar-refractivity contribution is -0.148. The Morgan fingerprint density at radius 2 is 1.95 bits per heavy atom. The van der Waals surface area contributed by atoms with Crippen LogP contribution < -0.4 is 5.73 Å². The topological polar surface area (TPSA) is 89.7 Å². The van der Waals surface area contributed by atoms with E-state index in [0.717, 1.165) is 5.56 Å². The van der Waals surface area contributed by atoms with Gasteiger partial charge in [-0.1, -0.05) is 17.7 Å². The molecule has 1 fully saturated rings. The lowest BCUT2D eigenvalue weighted by atomic mass is 10.1. The van der Waals surface area contributed by atoms with Crippen LogP contribution in [-0.2, 0) is 19.6 Å². The molecule has 1 atom stereocenters. The molecule has 1 aromatic rings. The van der Waals surface area contributed by atoms with E-state index in [1.807, 2.05) is 6.92 Å². The monoisotopic (exact) mass is 298 g/mol. The molecule has 0 spiro atoms. The van der Waals surface area contributed by atoms with Gasteiger partial charge in [0.05, 0.1) is 18.0 Å². The fourth-order valence-corrected chi connectivity index (χ4v) is 3.56. The summed E-state index contributed by atoms with van der Waals surface area (Å²) in [6, 6.07) is 6.59.